The van der Waals surface area contributed by atoms with E-state index in [9.17, 15) is 0 Å². The van der Waals surface area contributed by atoms with Crippen molar-refractivity contribution < 1.29 is 0 Å². The van der Waals surface area contributed by atoms with Crippen molar-refractivity contribution in [2.75, 3.05) is 11.9 Å². The normalized spacial score (nSPS) is 11.0. The van der Waals surface area contributed by atoms with Crippen LogP contribution in [0.2, 0.25) is 0 Å². The van der Waals surface area contributed by atoms with E-state index in [2.05, 4.69) is 29.5 Å². The molecule has 5 nitrogen and oxygen atoms in total. The van der Waals surface area contributed by atoms with Gasteiger partial charge in [0.2, 0.25) is 0 Å². The van der Waals surface area contributed by atoms with Gasteiger partial charge in [0, 0.05) is 24.8 Å². The molecule has 0 saturated carbocycles. The first kappa shape index (κ1) is 14.5. The third-order valence-corrected chi connectivity index (χ3v) is 3.71. The molecule has 0 aliphatic carbocycles. The quantitative estimate of drug-likeness (QED) is 0.686. The molecule has 2 heterocycles. The molecule has 5 heteroatoms. The van der Waals surface area contributed by atoms with E-state index in [4.69, 9.17) is 10.7 Å². The van der Waals surface area contributed by atoms with Gasteiger partial charge in [0.15, 0.2) is 5.65 Å². The number of unbranched alkanes of at least 4 members (excludes halogenated alkanes) is 1. The summed E-state index contributed by atoms with van der Waals surface area (Å²) < 4.78 is 1.80. The molecule has 0 spiro atoms. The van der Waals surface area contributed by atoms with E-state index in [1.807, 2.05) is 30.6 Å². The highest BCUT2D eigenvalue weighted by molar-refractivity contribution is 5.77. The number of hydrogen-bond acceptors (Lipinski definition) is 4. The van der Waals surface area contributed by atoms with Crippen LogP contribution >= 0.6 is 0 Å². The fraction of sp³-hybridized carbons (Fsp3) is 0.294. The molecule has 0 bridgehead atoms. The van der Waals surface area contributed by atoms with Crippen molar-refractivity contribution >= 4 is 11.5 Å². The van der Waals surface area contributed by atoms with Crippen molar-refractivity contribution in [1.82, 2.24) is 14.6 Å². The van der Waals surface area contributed by atoms with E-state index in [-0.39, 0.29) is 0 Å². The van der Waals surface area contributed by atoms with Gasteiger partial charge >= 0.3 is 0 Å². The largest absolute Gasteiger partial charge is 0.370 e. The predicted molar refractivity (Wildman–Crippen MR) is 89.7 cm³/mol. The molecule has 2 aromatic heterocycles. The summed E-state index contributed by atoms with van der Waals surface area (Å²) in [7, 11) is 0. The summed E-state index contributed by atoms with van der Waals surface area (Å²) in [5, 5.41) is 7.73. The second-order valence-electron chi connectivity index (χ2n) is 5.32. The molecule has 0 aliphatic heterocycles. The number of nitrogens with two attached hydrogens (primary N) is 1. The molecular formula is C17H21N5. The van der Waals surface area contributed by atoms with Crippen LogP contribution in [0.1, 0.15) is 25.3 Å². The molecule has 114 valence electrons. The van der Waals surface area contributed by atoms with Crippen LogP contribution in [0.5, 0.6) is 0 Å². The van der Waals surface area contributed by atoms with Crippen LogP contribution in [-0.4, -0.2) is 21.1 Å². The van der Waals surface area contributed by atoms with Gasteiger partial charge in [-0.1, -0.05) is 37.6 Å². The van der Waals surface area contributed by atoms with Gasteiger partial charge < -0.3 is 11.1 Å². The SMILES string of the molecule is CCCCNc1ccn2ncc(-c3ccc(CN)cc3)c2n1. The molecule has 1 aromatic carbocycles. The smallest absolute Gasteiger partial charge is 0.165 e. The summed E-state index contributed by atoms with van der Waals surface area (Å²) in [5.41, 5.74) is 9.77. The summed E-state index contributed by atoms with van der Waals surface area (Å²) in [6.45, 7) is 3.67. The lowest BCUT2D eigenvalue weighted by Gasteiger charge is -2.06. The number of nitrogens with zero attached hydrogens (tertiary/aromatic N) is 3. The highest BCUT2D eigenvalue weighted by atomic mass is 15.2. The Labute approximate surface area is 130 Å². The zero-order valence-corrected chi connectivity index (χ0v) is 12.8. The topological polar surface area (TPSA) is 68.2 Å². The van der Waals surface area contributed by atoms with Crippen molar-refractivity contribution in [1.29, 1.82) is 0 Å². The van der Waals surface area contributed by atoms with Crippen LogP contribution in [0.15, 0.2) is 42.7 Å². The Hall–Kier alpha value is -2.40. The lowest BCUT2D eigenvalue weighted by molar-refractivity contribution is 0.829. The van der Waals surface area contributed by atoms with Crippen molar-refractivity contribution in [3.8, 4) is 11.1 Å². The van der Waals surface area contributed by atoms with Gasteiger partial charge in [0.1, 0.15) is 5.82 Å². The molecular weight excluding hydrogens is 274 g/mol. The average molecular weight is 295 g/mol. The second kappa shape index (κ2) is 6.58. The number of aromatic nitrogens is 3. The maximum Gasteiger partial charge on any atom is 0.165 e. The fourth-order valence-corrected chi connectivity index (χ4v) is 2.38. The third-order valence-electron chi connectivity index (χ3n) is 3.71. The summed E-state index contributed by atoms with van der Waals surface area (Å²) in [4.78, 5) is 4.69. The summed E-state index contributed by atoms with van der Waals surface area (Å²) in [6.07, 6.45) is 6.10. The first-order chi connectivity index (χ1) is 10.8. The summed E-state index contributed by atoms with van der Waals surface area (Å²) in [6, 6.07) is 10.2. The Morgan fingerprint density at radius 1 is 1.18 bits per heavy atom. The molecule has 22 heavy (non-hydrogen) atoms. The molecule has 0 saturated heterocycles. The van der Waals surface area contributed by atoms with Gasteiger partial charge in [-0.2, -0.15) is 5.10 Å². The number of nitrogens with one attached hydrogen (secondary N) is 1. The first-order valence-electron chi connectivity index (χ1n) is 7.69. The van der Waals surface area contributed by atoms with Crippen LogP contribution in [0, 0.1) is 0 Å². The molecule has 0 amide bonds. The van der Waals surface area contributed by atoms with E-state index in [1.165, 1.54) is 6.42 Å². The highest BCUT2D eigenvalue weighted by Gasteiger charge is 2.08. The summed E-state index contributed by atoms with van der Waals surface area (Å²) >= 11 is 0. The Kier molecular flexibility index (Phi) is 4.34. The number of rotatable bonds is 6. The van der Waals surface area contributed by atoms with Gasteiger partial charge in [0.25, 0.3) is 0 Å². The first-order valence-corrected chi connectivity index (χ1v) is 7.69. The van der Waals surface area contributed by atoms with Crippen LogP contribution < -0.4 is 11.1 Å². The van der Waals surface area contributed by atoms with Gasteiger partial charge in [-0.3, -0.25) is 0 Å². The average Bonchev–Trinajstić information content (AvgIpc) is 2.98. The van der Waals surface area contributed by atoms with E-state index >= 15 is 0 Å². The molecule has 3 N–H and O–H groups in total. The standard InChI is InChI=1S/C17H21N5/c1-2-3-9-19-16-8-10-22-17(21-16)15(12-20-22)14-6-4-13(11-18)5-7-14/h4-8,10,12H,2-3,9,11,18H2,1H3,(H,19,21). The minimum Gasteiger partial charge on any atom is -0.370 e. The molecule has 0 radical (unpaired) electrons. The summed E-state index contributed by atoms with van der Waals surface area (Å²) in [5.74, 6) is 0.890. The van der Waals surface area contributed by atoms with Gasteiger partial charge in [-0.15, -0.1) is 0 Å². The van der Waals surface area contributed by atoms with Crippen LogP contribution in [0.4, 0.5) is 5.82 Å². The molecule has 0 aliphatic rings. The Balaban J connectivity index is 1.93. The zero-order chi connectivity index (χ0) is 15.4. The minimum absolute atomic E-state index is 0.554. The molecule has 3 rings (SSSR count). The molecule has 3 aromatic rings. The Morgan fingerprint density at radius 2 is 2.00 bits per heavy atom. The molecule has 0 fully saturated rings. The minimum atomic E-state index is 0.554. The van der Waals surface area contributed by atoms with Crippen molar-refractivity contribution in [2.45, 2.75) is 26.3 Å². The van der Waals surface area contributed by atoms with Crippen molar-refractivity contribution in [2.24, 2.45) is 5.73 Å². The Bertz CT molecular complexity index is 745. The predicted octanol–water partition coefficient (Wildman–Crippen LogP) is 3.07. The van der Waals surface area contributed by atoms with Crippen molar-refractivity contribution in [3.63, 3.8) is 0 Å². The molecule has 0 unspecified atom stereocenters. The maximum absolute atomic E-state index is 5.65. The lowest BCUT2D eigenvalue weighted by Crippen LogP contribution is -2.04. The molecule has 0 atom stereocenters. The fourth-order valence-electron chi connectivity index (χ4n) is 2.38. The number of anilines is 1. The monoisotopic (exact) mass is 295 g/mol. The van der Waals surface area contributed by atoms with Crippen molar-refractivity contribution in [3.05, 3.63) is 48.3 Å². The Morgan fingerprint density at radius 3 is 2.73 bits per heavy atom. The van der Waals surface area contributed by atoms with Crippen LogP contribution in [0.3, 0.4) is 0 Å². The zero-order valence-electron chi connectivity index (χ0n) is 12.8. The van der Waals surface area contributed by atoms with Crippen LogP contribution in [0.25, 0.3) is 16.8 Å². The van der Waals surface area contributed by atoms with Gasteiger partial charge in [0.05, 0.1) is 6.20 Å². The maximum atomic E-state index is 5.65. The second-order valence-corrected chi connectivity index (χ2v) is 5.32. The number of fused-ring (bicyclic) bond motifs is 1. The van der Waals surface area contributed by atoms with E-state index in [0.29, 0.717) is 6.54 Å². The highest BCUT2D eigenvalue weighted by Crippen LogP contribution is 2.24. The number of hydrogen-bond donors (Lipinski definition) is 2. The number of benzene rings is 1. The van der Waals surface area contributed by atoms with E-state index in [1.54, 1.807) is 4.52 Å². The van der Waals surface area contributed by atoms with Gasteiger partial charge in [-0.25, -0.2) is 9.50 Å². The van der Waals surface area contributed by atoms with Crippen LogP contribution in [-0.2, 0) is 6.54 Å². The lowest BCUT2D eigenvalue weighted by atomic mass is 10.1. The third kappa shape index (κ3) is 2.94. The van der Waals surface area contributed by atoms with E-state index < -0.39 is 0 Å². The van der Waals surface area contributed by atoms with E-state index in [0.717, 1.165) is 41.1 Å². The van der Waals surface area contributed by atoms with Gasteiger partial charge in [-0.05, 0) is 23.6 Å².